The number of amides is 1. The molecule has 2 unspecified atom stereocenters. The van der Waals surface area contributed by atoms with E-state index in [2.05, 4.69) is 11.8 Å². The molecule has 5 heteroatoms. The van der Waals surface area contributed by atoms with Crippen LogP contribution in [0.1, 0.15) is 38.3 Å². The van der Waals surface area contributed by atoms with Crippen LogP contribution in [0.5, 0.6) is 0 Å². The van der Waals surface area contributed by atoms with Crippen molar-refractivity contribution in [2.75, 3.05) is 13.1 Å². The van der Waals surface area contributed by atoms with Crippen molar-refractivity contribution in [1.82, 2.24) is 4.90 Å². The predicted octanol–water partition coefficient (Wildman–Crippen LogP) is 2.35. The van der Waals surface area contributed by atoms with Gasteiger partial charge in [0, 0.05) is 24.2 Å². The third-order valence-corrected chi connectivity index (χ3v) is 5.14. The zero-order valence-corrected chi connectivity index (χ0v) is 13.3. The van der Waals surface area contributed by atoms with E-state index in [0.717, 1.165) is 23.7 Å². The van der Waals surface area contributed by atoms with Gasteiger partial charge in [0.25, 0.3) is 0 Å². The number of halogens is 1. The molecule has 1 aromatic carbocycles. The van der Waals surface area contributed by atoms with Crippen LogP contribution in [-0.2, 0) is 4.79 Å². The predicted molar refractivity (Wildman–Crippen MR) is 84.0 cm³/mol. The Balaban J connectivity index is 2.04. The maximum atomic E-state index is 11.3. The largest absolute Gasteiger partial charge is 0.389 e. The molecule has 2 rings (SSSR count). The Bertz CT molecular complexity index is 513. The first-order valence-electron chi connectivity index (χ1n) is 7.35. The van der Waals surface area contributed by atoms with Crippen molar-refractivity contribution in [2.24, 2.45) is 11.7 Å². The van der Waals surface area contributed by atoms with Gasteiger partial charge in [0.1, 0.15) is 0 Å². The first-order valence-corrected chi connectivity index (χ1v) is 7.73. The van der Waals surface area contributed by atoms with Crippen LogP contribution in [0.2, 0.25) is 5.02 Å². The summed E-state index contributed by atoms with van der Waals surface area (Å²) in [4.78, 5) is 13.6. The van der Waals surface area contributed by atoms with E-state index in [1.165, 1.54) is 0 Å². The number of likely N-dealkylation sites (tertiary alicyclic amines) is 1. The standard InChI is InChI=1S/C16H23ClN2O2/c1-11(15(18)20)16(21)7-9-19(10-8-16)12(2)13-5-3-4-6-14(13)17/h3-6,11-12,21H,7-10H2,1-2H3,(H2,18,20). The first kappa shape index (κ1) is 16.3. The van der Waals surface area contributed by atoms with Crippen LogP contribution in [0.3, 0.4) is 0 Å². The third-order valence-electron chi connectivity index (χ3n) is 4.80. The van der Waals surface area contributed by atoms with E-state index in [4.69, 9.17) is 17.3 Å². The molecule has 1 fully saturated rings. The van der Waals surface area contributed by atoms with Gasteiger partial charge in [0.2, 0.25) is 5.91 Å². The molecule has 2 atom stereocenters. The molecule has 1 aliphatic rings. The molecule has 1 aromatic rings. The van der Waals surface area contributed by atoms with E-state index in [0.29, 0.717) is 12.8 Å². The van der Waals surface area contributed by atoms with Gasteiger partial charge in [-0.3, -0.25) is 9.69 Å². The van der Waals surface area contributed by atoms with Crippen LogP contribution >= 0.6 is 11.6 Å². The molecule has 1 saturated heterocycles. The number of carbonyl (C=O) groups is 1. The van der Waals surface area contributed by atoms with Gasteiger partial charge in [-0.05, 0) is 31.4 Å². The molecule has 0 aromatic heterocycles. The number of piperidine rings is 1. The minimum Gasteiger partial charge on any atom is -0.389 e. The lowest BCUT2D eigenvalue weighted by Gasteiger charge is -2.43. The molecule has 0 radical (unpaired) electrons. The van der Waals surface area contributed by atoms with Crippen LogP contribution in [0.25, 0.3) is 0 Å². The lowest BCUT2D eigenvalue weighted by atomic mass is 9.79. The van der Waals surface area contributed by atoms with Crippen molar-refractivity contribution < 1.29 is 9.90 Å². The molecule has 1 heterocycles. The second-order valence-electron chi connectivity index (χ2n) is 5.96. The number of rotatable bonds is 4. The van der Waals surface area contributed by atoms with E-state index >= 15 is 0 Å². The average Bonchev–Trinajstić information content (AvgIpc) is 2.47. The zero-order valence-electron chi connectivity index (χ0n) is 12.6. The first-order chi connectivity index (χ1) is 9.85. The van der Waals surface area contributed by atoms with E-state index in [9.17, 15) is 9.90 Å². The minimum absolute atomic E-state index is 0.187. The fourth-order valence-electron chi connectivity index (χ4n) is 3.01. The molecule has 3 N–H and O–H groups in total. The summed E-state index contributed by atoms with van der Waals surface area (Å²) in [6.45, 7) is 5.26. The highest BCUT2D eigenvalue weighted by Gasteiger charge is 2.40. The topological polar surface area (TPSA) is 66.6 Å². The molecule has 21 heavy (non-hydrogen) atoms. The Kier molecular flexibility index (Phi) is 4.91. The molecule has 116 valence electrons. The smallest absolute Gasteiger partial charge is 0.223 e. The number of hydrogen-bond donors (Lipinski definition) is 2. The summed E-state index contributed by atoms with van der Waals surface area (Å²) in [5.74, 6) is -0.958. The monoisotopic (exact) mass is 310 g/mol. The molecule has 0 aliphatic carbocycles. The van der Waals surface area contributed by atoms with E-state index in [-0.39, 0.29) is 6.04 Å². The molecule has 0 saturated carbocycles. The quantitative estimate of drug-likeness (QED) is 0.897. The number of hydrogen-bond acceptors (Lipinski definition) is 3. The van der Waals surface area contributed by atoms with Gasteiger partial charge in [-0.25, -0.2) is 0 Å². The second kappa shape index (κ2) is 6.34. The minimum atomic E-state index is -0.984. The fraction of sp³-hybridized carbons (Fsp3) is 0.562. The highest BCUT2D eigenvalue weighted by atomic mass is 35.5. The van der Waals surface area contributed by atoms with Crippen LogP contribution < -0.4 is 5.73 Å². The van der Waals surface area contributed by atoms with Gasteiger partial charge in [0.15, 0.2) is 0 Å². The van der Waals surface area contributed by atoms with E-state index in [1.807, 2.05) is 24.3 Å². The molecular weight excluding hydrogens is 288 g/mol. The summed E-state index contributed by atoms with van der Waals surface area (Å²) < 4.78 is 0. The molecule has 4 nitrogen and oxygen atoms in total. The van der Waals surface area contributed by atoms with E-state index in [1.54, 1.807) is 6.92 Å². The summed E-state index contributed by atoms with van der Waals surface area (Å²) in [6.07, 6.45) is 1.10. The molecule has 0 spiro atoms. The highest BCUT2D eigenvalue weighted by molar-refractivity contribution is 6.31. The summed E-state index contributed by atoms with van der Waals surface area (Å²) >= 11 is 6.25. The van der Waals surface area contributed by atoms with Crippen LogP contribution in [-0.4, -0.2) is 34.6 Å². The Hall–Kier alpha value is -1.10. The summed E-state index contributed by atoms with van der Waals surface area (Å²) in [5.41, 5.74) is 5.43. The molecule has 0 bridgehead atoms. The Morgan fingerprint density at radius 1 is 1.33 bits per heavy atom. The van der Waals surface area contributed by atoms with Gasteiger partial charge in [-0.1, -0.05) is 36.7 Å². The molecular formula is C16H23ClN2O2. The van der Waals surface area contributed by atoms with Gasteiger partial charge in [0.05, 0.1) is 11.5 Å². The van der Waals surface area contributed by atoms with Crippen molar-refractivity contribution in [3.8, 4) is 0 Å². The SMILES string of the molecule is CC(c1ccccc1Cl)N1CCC(O)(C(C)C(N)=O)CC1. The van der Waals surface area contributed by atoms with Crippen LogP contribution in [0, 0.1) is 5.92 Å². The van der Waals surface area contributed by atoms with Gasteiger partial charge in [-0.15, -0.1) is 0 Å². The van der Waals surface area contributed by atoms with Crippen molar-refractivity contribution in [3.05, 3.63) is 34.9 Å². The summed E-state index contributed by atoms with van der Waals surface area (Å²) in [6, 6.07) is 8.00. The maximum Gasteiger partial charge on any atom is 0.223 e. The normalized spacial score (nSPS) is 21.7. The van der Waals surface area contributed by atoms with Crippen molar-refractivity contribution in [3.63, 3.8) is 0 Å². The van der Waals surface area contributed by atoms with Crippen LogP contribution in [0.4, 0.5) is 0 Å². The fourth-order valence-corrected chi connectivity index (χ4v) is 3.30. The molecule has 1 aliphatic heterocycles. The number of carbonyl (C=O) groups excluding carboxylic acids is 1. The summed E-state index contributed by atoms with van der Waals surface area (Å²) in [7, 11) is 0. The van der Waals surface area contributed by atoms with Gasteiger partial charge < -0.3 is 10.8 Å². The number of nitrogens with two attached hydrogens (primary N) is 1. The van der Waals surface area contributed by atoms with Crippen LogP contribution in [0.15, 0.2) is 24.3 Å². The average molecular weight is 311 g/mol. The Morgan fingerprint density at radius 3 is 2.43 bits per heavy atom. The number of primary amides is 1. The Labute approximate surface area is 130 Å². The lowest BCUT2D eigenvalue weighted by Crippen LogP contribution is -2.51. The van der Waals surface area contributed by atoms with Gasteiger partial charge >= 0.3 is 0 Å². The zero-order chi connectivity index (χ0) is 15.6. The van der Waals surface area contributed by atoms with Crippen molar-refractivity contribution in [2.45, 2.75) is 38.3 Å². The number of nitrogens with zero attached hydrogens (tertiary/aromatic N) is 1. The third kappa shape index (κ3) is 3.39. The lowest BCUT2D eigenvalue weighted by molar-refractivity contribution is -0.135. The van der Waals surface area contributed by atoms with Crippen molar-refractivity contribution >= 4 is 17.5 Å². The highest BCUT2D eigenvalue weighted by Crippen LogP contribution is 2.35. The Morgan fingerprint density at radius 2 is 1.90 bits per heavy atom. The second-order valence-corrected chi connectivity index (χ2v) is 6.37. The van der Waals surface area contributed by atoms with E-state index < -0.39 is 17.4 Å². The summed E-state index contributed by atoms with van der Waals surface area (Å²) in [5, 5.41) is 11.3. The molecule has 1 amide bonds. The van der Waals surface area contributed by atoms with Crippen molar-refractivity contribution in [1.29, 1.82) is 0 Å². The maximum absolute atomic E-state index is 11.3. The van der Waals surface area contributed by atoms with Gasteiger partial charge in [-0.2, -0.15) is 0 Å². The number of benzene rings is 1. The number of aliphatic hydroxyl groups is 1.